The van der Waals surface area contributed by atoms with Crippen LogP contribution in [0.15, 0.2) is 34.8 Å². The first-order valence-electron chi connectivity index (χ1n) is 5.97. The zero-order valence-electron chi connectivity index (χ0n) is 10.8. The lowest BCUT2D eigenvalue weighted by atomic mass is 10.1. The molecule has 1 heterocycles. The summed E-state index contributed by atoms with van der Waals surface area (Å²) < 4.78 is 0.954. The molecule has 0 aliphatic heterocycles. The van der Waals surface area contributed by atoms with E-state index in [9.17, 15) is 10.1 Å². The number of rotatable bonds is 4. The number of hydrogen-bond acceptors (Lipinski definition) is 5. The molecule has 0 saturated heterocycles. The first-order chi connectivity index (χ1) is 9.51. The van der Waals surface area contributed by atoms with E-state index in [1.807, 2.05) is 25.1 Å². The van der Waals surface area contributed by atoms with Crippen LogP contribution in [0.25, 0.3) is 0 Å². The summed E-state index contributed by atoms with van der Waals surface area (Å²) in [6.45, 7) is 2.01. The second-order valence-electron chi connectivity index (χ2n) is 4.14. The van der Waals surface area contributed by atoms with Crippen LogP contribution < -0.4 is 11.1 Å². The number of aromatic nitrogens is 1. The summed E-state index contributed by atoms with van der Waals surface area (Å²) in [6, 6.07) is 8.42. The molecule has 0 amide bonds. The molecule has 0 radical (unpaired) electrons. The van der Waals surface area contributed by atoms with Gasteiger partial charge in [-0.3, -0.25) is 10.1 Å². The third-order valence-corrected chi connectivity index (χ3v) is 3.29. The molecule has 1 aromatic carbocycles. The highest BCUT2D eigenvalue weighted by atomic mass is 79.9. The molecular weight excluding hydrogens is 324 g/mol. The van der Waals surface area contributed by atoms with Crippen LogP contribution in [-0.4, -0.2) is 9.91 Å². The van der Waals surface area contributed by atoms with Gasteiger partial charge >= 0.3 is 5.69 Å². The smallest absolute Gasteiger partial charge is 0.311 e. The van der Waals surface area contributed by atoms with Crippen molar-refractivity contribution in [2.24, 2.45) is 0 Å². The molecule has 104 valence electrons. The van der Waals surface area contributed by atoms with Gasteiger partial charge in [-0.1, -0.05) is 22.9 Å². The van der Waals surface area contributed by atoms with E-state index < -0.39 is 4.92 Å². The fraction of sp³-hybridized carbons (Fsp3) is 0.154. The summed E-state index contributed by atoms with van der Waals surface area (Å²) in [6.07, 6.45) is 0.790. The fourth-order valence-corrected chi connectivity index (χ4v) is 2.22. The van der Waals surface area contributed by atoms with Gasteiger partial charge in [0.25, 0.3) is 0 Å². The van der Waals surface area contributed by atoms with Gasteiger partial charge < -0.3 is 11.1 Å². The Bertz CT molecular complexity index is 661. The minimum Gasteiger partial charge on any atom is -0.384 e. The molecule has 0 bridgehead atoms. The lowest BCUT2D eigenvalue weighted by Gasteiger charge is -2.11. The second kappa shape index (κ2) is 5.87. The molecule has 0 atom stereocenters. The molecule has 0 aliphatic rings. The van der Waals surface area contributed by atoms with Gasteiger partial charge in [0.05, 0.1) is 4.92 Å². The van der Waals surface area contributed by atoms with Gasteiger partial charge in [0.1, 0.15) is 5.82 Å². The number of nitrogens with zero attached hydrogens (tertiary/aromatic N) is 2. The van der Waals surface area contributed by atoms with Gasteiger partial charge in [-0.2, -0.15) is 0 Å². The van der Waals surface area contributed by atoms with Crippen LogP contribution in [0, 0.1) is 10.1 Å². The van der Waals surface area contributed by atoms with Crippen molar-refractivity contribution in [3.8, 4) is 0 Å². The Balaban J connectivity index is 2.44. The second-order valence-corrected chi connectivity index (χ2v) is 5.06. The van der Waals surface area contributed by atoms with Gasteiger partial charge in [-0.25, -0.2) is 4.98 Å². The number of nitrogens with one attached hydrogen (secondary N) is 1. The van der Waals surface area contributed by atoms with Crippen molar-refractivity contribution in [1.82, 2.24) is 4.98 Å². The summed E-state index contributed by atoms with van der Waals surface area (Å²) in [7, 11) is 0. The largest absolute Gasteiger partial charge is 0.384 e. The monoisotopic (exact) mass is 336 g/mol. The maximum Gasteiger partial charge on any atom is 0.311 e. The van der Waals surface area contributed by atoms with E-state index in [4.69, 9.17) is 5.73 Å². The van der Waals surface area contributed by atoms with Crippen LogP contribution in [0.2, 0.25) is 0 Å². The molecule has 7 heteroatoms. The van der Waals surface area contributed by atoms with Crippen LogP contribution in [0.1, 0.15) is 12.5 Å². The molecule has 0 saturated carbocycles. The van der Waals surface area contributed by atoms with Gasteiger partial charge in [0, 0.05) is 16.2 Å². The number of nitrogens with two attached hydrogens (primary N) is 1. The number of halogens is 1. The first-order valence-corrected chi connectivity index (χ1v) is 6.77. The maximum absolute atomic E-state index is 11.0. The van der Waals surface area contributed by atoms with Gasteiger partial charge in [0.2, 0.25) is 5.82 Å². The standard InChI is InChI=1S/C13H13BrN4O2/c1-2-8-7-9(14)3-4-10(8)16-13-11(18(19)20)5-6-12(15)17-13/h3-7H,2H2,1H3,(H3,15,16,17). The van der Waals surface area contributed by atoms with Crippen molar-refractivity contribution in [2.75, 3.05) is 11.1 Å². The summed E-state index contributed by atoms with van der Waals surface area (Å²) in [4.78, 5) is 14.5. The molecule has 20 heavy (non-hydrogen) atoms. The molecule has 0 unspecified atom stereocenters. The lowest BCUT2D eigenvalue weighted by molar-refractivity contribution is -0.384. The molecule has 6 nitrogen and oxygen atoms in total. The van der Waals surface area contributed by atoms with E-state index in [-0.39, 0.29) is 17.3 Å². The summed E-state index contributed by atoms with van der Waals surface area (Å²) in [5.74, 6) is 0.375. The van der Waals surface area contributed by atoms with E-state index in [0.717, 1.165) is 22.1 Å². The first kappa shape index (κ1) is 14.3. The van der Waals surface area contributed by atoms with Crippen molar-refractivity contribution in [3.63, 3.8) is 0 Å². The summed E-state index contributed by atoms with van der Waals surface area (Å²) in [5, 5.41) is 14.0. The predicted octanol–water partition coefficient (Wildman–Crippen LogP) is 3.64. The molecule has 2 aromatic rings. The van der Waals surface area contributed by atoms with Crippen molar-refractivity contribution in [3.05, 3.63) is 50.5 Å². The minimum atomic E-state index is -0.487. The van der Waals surface area contributed by atoms with Gasteiger partial charge in [-0.05, 0) is 36.2 Å². The van der Waals surface area contributed by atoms with E-state index >= 15 is 0 Å². The topological polar surface area (TPSA) is 94.1 Å². The molecule has 2 rings (SSSR count). The number of hydrogen-bond donors (Lipinski definition) is 2. The summed E-state index contributed by atoms with van der Waals surface area (Å²) >= 11 is 3.40. The fourth-order valence-electron chi connectivity index (χ4n) is 1.81. The van der Waals surface area contributed by atoms with Crippen LogP contribution in [0.5, 0.6) is 0 Å². The zero-order valence-corrected chi connectivity index (χ0v) is 12.3. The van der Waals surface area contributed by atoms with Crippen molar-refractivity contribution >= 4 is 38.9 Å². The molecule has 0 fully saturated rings. The molecule has 0 spiro atoms. The van der Waals surface area contributed by atoms with Crippen LogP contribution in [0.3, 0.4) is 0 Å². The average molecular weight is 337 g/mol. The minimum absolute atomic E-state index is 0.107. The van der Waals surface area contributed by atoms with Crippen molar-refractivity contribution in [2.45, 2.75) is 13.3 Å². The summed E-state index contributed by atoms with van der Waals surface area (Å²) in [5.41, 5.74) is 7.29. The average Bonchev–Trinajstić information content (AvgIpc) is 2.40. The number of anilines is 3. The van der Waals surface area contributed by atoms with Crippen LogP contribution in [-0.2, 0) is 6.42 Å². The van der Waals surface area contributed by atoms with E-state index in [1.54, 1.807) is 0 Å². The highest BCUT2D eigenvalue weighted by Gasteiger charge is 2.16. The number of nitro groups is 1. The predicted molar refractivity (Wildman–Crippen MR) is 82.1 cm³/mol. The van der Waals surface area contributed by atoms with Gasteiger partial charge in [0.15, 0.2) is 0 Å². The Labute approximate surface area is 124 Å². The number of benzene rings is 1. The number of aryl methyl sites for hydroxylation is 1. The maximum atomic E-state index is 11.0. The highest BCUT2D eigenvalue weighted by molar-refractivity contribution is 9.10. The van der Waals surface area contributed by atoms with E-state index in [1.165, 1.54) is 12.1 Å². The third-order valence-electron chi connectivity index (χ3n) is 2.79. The molecule has 1 aromatic heterocycles. The number of pyridine rings is 1. The highest BCUT2D eigenvalue weighted by Crippen LogP contribution is 2.29. The Morgan fingerprint density at radius 3 is 2.80 bits per heavy atom. The van der Waals surface area contributed by atoms with Crippen molar-refractivity contribution in [1.29, 1.82) is 0 Å². The Morgan fingerprint density at radius 2 is 2.15 bits per heavy atom. The molecule has 0 aliphatic carbocycles. The van der Waals surface area contributed by atoms with Crippen LogP contribution >= 0.6 is 15.9 Å². The normalized spacial score (nSPS) is 10.3. The quantitative estimate of drug-likeness (QED) is 0.656. The Morgan fingerprint density at radius 1 is 1.40 bits per heavy atom. The van der Waals surface area contributed by atoms with Crippen LogP contribution in [0.4, 0.5) is 23.0 Å². The SMILES string of the molecule is CCc1cc(Br)ccc1Nc1nc(N)ccc1[N+](=O)[O-]. The Kier molecular flexibility index (Phi) is 4.19. The molecular formula is C13H13BrN4O2. The molecule has 3 N–H and O–H groups in total. The van der Waals surface area contributed by atoms with Crippen molar-refractivity contribution < 1.29 is 4.92 Å². The Hall–Kier alpha value is -2.15. The van der Waals surface area contributed by atoms with E-state index in [2.05, 4.69) is 26.2 Å². The zero-order chi connectivity index (χ0) is 14.7. The van der Waals surface area contributed by atoms with E-state index in [0.29, 0.717) is 0 Å². The number of nitrogen functional groups attached to an aromatic ring is 1. The lowest BCUT2D eigenvalue weighted by Crippen LogP contribution is -2.03. The van der Waals surface area contributed by atoms with Gasteiger partial charge in [-0.15, -0.1) is 0 Å². The third kappa shape index (κ3) is 3.05.